The largest absolute Gasteiger partial charge is 0.481 e. The number of Topliss-reactive ketones (excluding diaryl/α,β-unsaturated/α-hetero) is 1. The van der Waals surface area contributed by atoms with Crippen LogP contribution in [0.1, 0.15) is 78.1 Å². The van der Waals surface area contributed by atoms with E-state index in [9.17, 15) is 29.7 Å². The first kappa shape index (κ1) is 28.7. The molecule has 0 aliphatic heterocycles. The first-order chi connectivity index (χ1) is 18.0. The topological polar surface area (TPSA) is 166 Å². The van der Waals surface area contributed by atoms with Crippen LogP contribution in [0.15, 0.2) is 16.8 Å². The van der Waals surface area contributed by atoms with E-state index in [1.807, 2.05) is 13.0 Å². The zero-order valence-corrected chi connectivity index (χ0v) is 22.4. The Bertz CT molecular complexity index is 1010. The Hall–Kier alpha value is -2.30. The Morgan fingerprint density at radius 2 is 1.92 bits per heavy atom. The van der Waals surface area contributed by atoms with Crippen LogP contribution in [0.5, 0.6) is 0 Å². The molecule has 0 aromatic heterocycles. The number of carbonyl (C=O) groups is 3. The fraction of sp³-hybridized carbons (Fsp3) is 0.786. The third-order valence-corrected chi connectivity index (χ3v) is 10.2. The van der Waals surface area contributed by atoms with E-state index in [0.29, 0.717) is 45.1 Å². The van der Waals surface area contributed by atoms with Crippen molar-refractivity contribution >= 4 is 23.4 Å². The zero-order chi connectivity index (χ0) is 27.7. The minimum absolute atomic E-state index is 0.0153. The fourth-order valence-corrected chi connectivity index (χ4v) is 8.22. The number of fused-ring (bicyclic) bond motifs is 5. The quantitative estimate of drug-likeness (QED) is 0.210. The summed E-state index contributed by atoms with van der Waals surface area (Å²) >= 11 is 0. The number of carbonyl (C=O) groups excluding carboxylic acids is 2. The summed E-state index contributed by atoms with van der Waals surface area (Å²) in [5, 5.41) is 47.9. The van der Waals surface area contributed by atoms with Gasteiger partial charge in [-0.1, -0.05) is 24.6 Å². The number of amides is 1. The lowest BCUT2D eigenvalue weighted by Gasteiger charge is -2.60. The van der Waals surface area contributed by atoms with Crippen LogP contribution in [0.4, 0.5) is 0 Å². The number of nitrogens with one attached hydrogen (secondary N) is 1. The normalized spacial score (nSPS) is 39.0. The second kappa shape index (κ2) is 11.1. The number of hydrogen-bond donors (Lipinski definition) is 5. The van der Waals surface area contributed by atoms with Crippen molar-refractivity contribution in [2.75, 3.05) is 19.8 Å². The molecule has 4 aliphatic rings. The highest BCUT2D eigenvalue weighted by molar-refractivity contribution is 5.96. The highest BCUT2D eigenvalue weighted by Gasteiger charge is 2.68. The van der Waals surface area contributed by atoms with Crippen LogP contribution in [-0.2, 0) is 19.2 Å². The molecule has 4 aliphatic carbocycles. The molecule has 0 aromatic rings. The van der Waals surface area contributed by atoms with Crippen molar-refractivity contribution in [3.8, 4) is 0 Å². The van der Waals surface area contributed by atoms with Gasteiger partial charge in [0.1, 0.15) is 12.2 Å². The molecule has 4 rings (SSSR count). The number of carboxylic acids is 1. The van der Waals surface area contributed by atoms with Gasteiger partial charge in [-0.2, -0.15) is 0 Å². The summed E-state index contributed by atoms with van der Waals surface area (Å²) in [6.45, 7) is 3.62. The van der Waals surface area contributed by atoms with Gasteiger partial charge in [-0.25, -0.2) is 0 Å². The molecule has 0 heterocycles. The molecule has 38 heavy (non-hydrogen) atoms. The lowest BCUT2D eigenvalue weighted by Crippen LogP contribution is -2.62. The molecule has 0 unspecified atom stereocenters. The predicted octanol–water partition coefficient (Wildman–Crippen LogP) is 1.96. The lowest BCUT2D eigenvalue weighted by molar-refractivity contribution is -0.181. The lowest BCUT2D eigenvalue weighted by atomic mass is 9.45. The Morgan fingerprint density at radius 3 is 2.63 bits per heavy atom. The Morgan fingerprint density at radius 1 is 1.16 bits per heavy atom. The maximum absolute atomic E-state index is 12.6. The van der Waals surface area contributed by atoms with Gasteiger partial charge in [0, 0.05) is 18.4 Å². The number of aliphatic hydroxyl groups is 3. The van der Waals surface area contributed by atoms with E-state index in [2.05, 4.69) is 17.4 Å². The van der Waals surface area contributed by atoms with Gasteiger partial charge >= 0.3 is 5.97 Å². The van der Waals surface area contributed by atoms with Gasteiger partial charge in [0.05, 0.1) is 11.8 Å². The number of nitrogens with zero attached hydrogens (tertiary/aromatic N) is 1. The molecule has 0 radical (unpaired) electrons. The molecule has 5 N–H and O–H groups in total. The van der Waals surface area contributed by atoms with Crippen molar-refractivity contribution in [3.63, 3.8) is 0 Å². The molecular weight excluding hydrogens is 492 g/mol. The number of allylic oxidation sites excluding steroid dienone is 2. The average molecular weight is 535 g/mol. The summed E-state index contributed by atoms with van der Waals surface area (Å²) in [6, 6.07) is 0. The van der Waals surface area contributed by atoms with Crippen LogP contribution in [0.25, 0.3) is 0 Å². The fourth-order valence-electron chi connectivity index (χ4n) is 8.22. The first-order valence-electron chi connectivity index (χ1n) is 13.9. The number of hydrogen-bond acceptors (Lipinski definition) is 8. The van der Waals surface area contributed by atoms with Gasteiger partial charge in [0.15, 0.2) is 12.4 Å². The number of rotatable bonds is 10. The molecule has 3 saturated carbocycles. The van der Waals surface area contributed by atoms with Gasteiger partial charge < -0.3 is 30.6 Å². The molecule has 0 saturated heterocycles. The van der Waals surface area contributed by atoms with Gasteiger partial charge in [-0.05, 0) is 87.0 Å². The Balaban J connectivity index is 1.39. The van der Waals surface area contributed by atoms with E-state index in [0.717, 1.165) is 25.0 Å². The second-order valence-electron chi connectivity index (χ2n) is 12.1. The maximum atomic E-state index is 12.6. The van der Waals surface area contributed by atoms with Crippen molar-refractivity contribution in [2.24, 2.45) is 33.7 Å². The van der Waals surface area contributed by atoms with Crippen LogP contribution in [-0.4, -0.2) is 75.3 Å². The summed E-state index contributed by atoms with van der Waals surface area (Å²) in [5.74, 6) is -1.39. The minimum Gasteiger partial charge on any atom is -0.481 e. The third kappa shape index (κ3) is 5.02. The van der Waals surface area contributed by atoms with Gasteiger partial charge in [0.25, 0.3) is 5.91 Å². The number of unbranched alkanes of at least 4 members (excludes halogenated alkanes) is 1. The highest BCUT2D eigenvalue weighted by atomic mass is 16.6. The standard InChI is InChI=1S/C28H42N2O8/c1-26-10-8-18(30-38-16-23(34)29-12-4-3-5-24(35)36)13-17(26)6-7-19-20-9-11-28(37,22(33)15-31)27(20,2)14-21(32)25(19)26/h13,19-21,25,31-32,37H,3-12,14-16H2,1-2H3,(H,29,34)(H,35,36)/b30-18-/t19-,20-,21-,25+,26-,27-,28-/m0/s1. The monoisotopic (exact) mass is 534 g/mol. The van der Waals surface area contributed by atoms with Crippen molar-refractivity contribution in [3.05, 3.63) is 11.6 Å². The van der Waals surface area contributed by atoms with E-state index in [-0.39, 0.29) is 42.1 Å². The number of oxime groups is 1. The predicted molar refractivity (Wildman–Crippen MR) is 138 cm³/mol. The SMILES string of the molecule is C[C@]12CC/C(=N/OCC(=O)NCCCCC(=O)O)C=C1CC[C@@H]1[C@@H]2[C@@H](O)C[C@@]2(C)[C@H]1CC[C@]2(O)C(=O)CO. The number of carboxylic acid groups (broad SMARTS) is 1. The van der Waals surface area contributed by atoms with Crippen LogP contribution in [0.3, 0.4) is 0 Å². The molecule has 0 bridgehead atoms. The van der Waals surface area contributed by atoms with Crippen LogP contribution in [0, 0.1) is 28.6 Å². The minimum atomic E-state index is -1.59. The molecule has 10 heteroatoms. The van der Waals surface area contributed by atoms with E-state index in [4.69, 9.17) is 9.94 Å². The van der Waals surface area contributed by atoms with Crippen LogP contribution in [0.2, 0.25) is 0 Å². The van der Waals surface area contributed by atoms with Gasteiger partial charge in [-0.3, -0.25) is 14.4 Å². The smallest absolute Gasteiger partial charge is 0.303 e. The summed E-state index contributed by atoms with van der Waals surface area (Å²) in [6.07, 6.45) is 7.05. The maximum Gasteiger partial charge on any atom is 0.303 e. The first-order valence-corrected chi connectivity index (χ1v) is 13.9. The molecule has 1 amide bonds. The Kier molecular flexibility index (Phi) is 8.35. The van der Waals surface area contributed by atoms with Gasteiger partial charge in [0.2, 0.25) is 0 Å². The number of ketones is 1. The molecule has 212 valence electrons. The van der Waals surface area contributed by atoms with E-state index in [1.54, 1.807) is 0 Å². The van der Waals surface area contributed by atoms with Crippen molar-refractivity contribution in [2.45, 2.75) is 89.8 Å². The molecule has 10 nitrogen and oxygen atoms in total. The molecule has 3 fully saturated rings. The third-order valence-electron chi connectivity index (χ3n) is 10.2. The zero-order valence-electron chi connectivity index (χ0n) is 22.4. The van der Waals surface area contributed by atoms with E-state index >= 15 is 0 Å². The average Bonchev–Trinajstić information content (AvgIpc) is 3.13. The molecule has 0 spiro atoms. The number of aliphatic carboxylic acids is 1. The summed E-state index contributed by atoms with van der Waals surface area (Å²) in [4.78, 5) is 40.4. The van der Waals surface area contributed by atoms with Crippen molar-refractivity contribution in [1.82, 2.24) is 5.32 Å². The second-order valence-corrected chi connectivity index (χ2v) is 12.1. The van der Waals surface area contributed by atoms with Crippen molar-refractivity contribution in [1.29, 1.82) is 0 Å². The van der Waals surface area contributed by atoms with E-state index in [1.165, 1.54) is 5.57 Å². The van der Waals surface area contributed by atoms with Crippen molar-refractivity contribution < 1.29 is 39.6 Å². The summed E-state index contributed by atoms with van der Waals surface area (Å²) in [7, 11) is 0. The van der Waals surface area contributed by atoms with E-state index < -0.39 is 35.5 Å². The summed E-state index contributed by atoms with van der Waals surface area (Å²) < 4.78 is 0. The molecule has 7 atom stereocenters. The van der Waals surface area contributed by atoms with Gasteiger partial charge in [-0.15, -0.1) is 0 Å². The molecular formula is C28H42N2O8. The molecule has 0 aromatic carbocycles. The van der Waals surface area contributed by atoms with Crippen LogP contribution < -0.4 is 5.32 Å². The van der Waals surface area contributed by atoms with Crippen LogP contribution >= 0.6 is 0 Å². The number of aliphatic hydroxyl groups excluding tert-OH is 2. The summed E-state index contributed by atoms with van der Waals surface area (Å²) in [5.41, 5.74) is -0.583. The highest BCUT2D eigenvalue weighted by Crippen LogP contribution is 2.67. The Labute approximate surface area is 223 Å².